The minimum absolute atomic E-state index is 0.122. The van der Waals surface area contributed by atoms with Crippen molar-refractivity contribution in [1.82, 2.24) is 9.78 Å². The van der Waals surface area contributed by atoms with Gasteiger partial charge in [-0.1, -0.05) is 30.3 Å². The second kappa shape index (κ2) is 7.71. The molecule has 1 N–H and O–H groups in total. The van der Waals surface area contributed by atoms with Gasteiger partial charge < -0.3 is 5.32 Å². The molecule has 1 aliphatic rings. The van der Waals surface area contributed by atoms with E-state index in [2.05, 4.69) is 15.5 Å². The van der Waals surface area contributed by atoms with Gasteiger partial charge in [0.15, 0.2) is 5.82 Å². The van der Waals surface area contributed by atoms with Crippen molar-refractivity contribution >= 4 is 29.0 Å². The van der Waals surface area contributed by atoms with Crippen LogP contribution in [0.3, 0.4) is 0 Å². The summed E-state index contributed by atoms with van der Waals surface area (Å²) in [6, 6.07) is 17.2. The summed E-state index contributed by atoms with van der Waals surface area (Å²) >= 11 is 0. The molecular formula is C22H21N5O2. The van der Waals surface area contributed by atoms with Crippen molar-refractivity contribution in [3.05, 3.63) is 71.9 Å². The van der Waals surface area contributed by atoms with Crippen molar-refractivity contribution in [3.8, 4) is 5.69 Å². The summed E-state index contributed by atoms with van der Waals surface area (Å²) in [5.74, 6) is -0.0496. The Morgan fingerprint density at radius 1 is 1.03 bits per heavy atom. The van der Waals surface area contributed by atoms with Crippen molar-refractivity contribution in [2.75, 3.05) is 10.3 Å². The molecule has 0 atom stereocenters. The van der Waals surface area contributed by atoms with Crippen LogP contribution >= 0.6 is 0 Å². The molecule has 1 aliphatic heterocycles. The van der Waals surface area contributed by atoms with Gasteiger partial charge in [-0.25, -0.2) is 9.69 Å². The monoisotopic (exact) mass is 387 g/mol. The van der Waals surface area contributed by atoms with Crippen LogP contribution in [0.2, 0.25) is 0 Å². The topological polar surface area (TPSA) is 79.6 Å². The highest BCUT2D eigenvalue weighted by Gasteiger charge is 2.27. The average molecular weight is 387 g/mol. The van der Waals surface area contributed by atoms with Gasteiger partial charge in [-0.2, -0.15) is 10.2 Å². The molecule has 0 fully saturated rings. The zero-order valence-corrected chi connectivity index (χ0v) is 16.3. The van der Waals surface area contributed by atoms with Crippen LogP contribution < -0.4 is 10.3 Å². The van der Waals surface area contributed by atoms with Crippen molar-refractivity contribution in [3.63, 3.8) is 0 Å². The van der Waals surface area contributed by atoms with Crippen molar-refractivity contribution < 1.29 is 9.59 Å². The van der Waals surface area contributed by atoms with Crippen molar-refractivity contribution in [2.24, 2.45) is 5.10 Å². The van der Waals surface area contributed by atoms with E-state index in [-0.39, 0.29) is 18.2 Å². The highest BCUT2D eigenvalue weighted by molar-refractivity contribution is 6.44. The molecule has 2 heterocycles. The van der Waals surface area contributed by atoms with Gasteiger partial charge >= 0.3 is 0 Å². The Kier molecular flexibility index (Phi) is 4.95. The molecule has 146 valence electrons. The van der Waals surface area contributed by atoms with Gasteiger partial charge in [0.1, 0.15) is 5.71 Å². The zero-order valence-electron chi connectivity index (χ0n) is 16.3. The van der Waals surface area contributed by atoms with Crippen molar-refractivity contribution in [1.29, 1.82) is 0 Å². The predicted octanol–water partition coefficient (Wildman–Crippen LogP) is 3.61. The van der Waals surface area contributed by atoms with Gasteiger partial charge in [0.2, 0.25) is 5.91 Å². The number of rotatable bonds is 4. The number of carbonyl (C=O) groups is 2. The Balaban J connectivity index is 1.55. The summed E-state index contributed by atoms with van der Waals surface area (Å²) in [7, 11) is 0. The van der Waals surface area contributed by atoms with Gasteiger partial charge in [0.05, 0.1) is 11.4 Å². The number of aryl methyl sites for hydroxylation is 2. The second-order valence-electron chi connectivity index (χ2n) is 6.98. The molecule has 3 aromatic rings. The summed E-state index contributed by atoms with van der Waals surface area (Å²) in [5, 5.41) is 12.8. The first-order valence-electron chi connectivity index (χ1n) is 9.41. The Hall–Kier alpha value is -3.74. The van der Waals surface area contributed by atoms with Crippen LogP contribution in [0.4, 0.5) is 11.5 Å². The number of aromatic nitrogens is 2. The molecular weight excluding hydrogens is 366 g/mol. The standard InChI is InChI=1S/C22H21N5O2/c1-15-8-9-16(2)19(14-15)27-21(28)11-10-18(24-27)22(29)23-20-12-13-26(25-20)17-6-4-3-5-7-17/h3-9,12-14H,10-11H2,1-2H3,(H,23,25,29). The summed E-state index contributed by atoms with van der Waals surface area (Å²) < 4.78 is 1.68. The number of benzene rings is 2. The number of amides is 2. The van der Waals surface area contributed by atoms with Gasteiger partial charge in [0, 0.05) is 25.1 Å². The van der Waals surface area contributed by atoms with Crippen LogP contribution in [0.25, 0.3) is 5.69 Å². The van der Waals surface area contributed by atoms with E-state index < -0.39 is 0 Å². The van der Waals surface area contributed by atoms with E-state index in [1.54, 1.807) is 16.9 Å². The molecule has 29 heavy (non-hydrogen) atoms. The SMILES string of the molecule is Cc1ccc(C)c(N2N=C(C(=O)Nc3ccn(-c4ccccc4)n3)CCC2=O)c1. The zero-order chi connectivity index (χ0) is 20.4. The third-order valence-electron chi connectivity index (χ3n) is 4.74. The molecule has 0 spiro atoms. The first kappa shape index (κ1) is 18.6. The Morgan fingerprint density at radius 3 is 2.62 bits per heavy atom. The lowest BCUT2D eigenvalue weighted by molar-refractivity contribution is -0.118. The number of anilines is 2. The smallest absolute Gasteiger partial charge is 0.273 e. The maximum atomic E-state index is 12.7. The molecule has 2 aromatic carbocycles. The number of nitrogens with one attached hydrogen (secondary N) is 1. The fourth-order valence-electron chi connectivity index (χ4n) is 3.16. The summed E-state index contributed by atoms with van der Waals surface area (Å²) in [5.41, 5.74) is 3.86. The third kappa shape index (κ3) is 3.94. The first-order chi connectivity index (χ1) is 14.0. The van der Waals surface area contributed by atoms with E-state index >= 15 is 0 Å². The van der Waals surface area contributed by atoms with Crippen LogP contribution in [0, 0.1) is 13.8 Å². The molecule has 1 aromatic heterocycles. The highest BCUT2D eigenvalue weighted by Crippen LogP contribution is 2.25. The van der Waals surface area contributed by atoms with E-state index in [4.69, 9.17) is 0 Å². The van der Waals surface area contributed by atoms with E-state index in [0.29, 0.717) is 23.6 Å². The lowest BCUT2D eigenvalue weighted by Gasteiger charge is -2.24. The molecule has 4 rings (SSSR count). The molecule has 0 saturated carbocycles. The van der Waals surface area contributed by atoms with Crippen LogP contribution in [-0.4, -0.2) is 27.3 Å². The van der Waals surface area contributed by atoms with Crippen LogP contribution in [-0.2, 0) is 9.59 Å². The fraction of sp³-hybridized carbons (Fsp3) is 0.182. The molecule has 0 radical (unpaired) electrons. The normalized spacial score (nSPS) is 13.9. The minimum Gasteiger partial charge on any atom is -0.304 e. The average Bonchev–Trinajstić information content (AvgIpc) is 3.19. The summed E-state index contributed by atoms with van der Waals surface area (Å²) in [6.07, 6.45) is 2.31. The first-order valence-corrected chi connectivity index (χ1v) is 9.41. The Morgan fingerprint density at radius 2 is 1.83 bits per heavy atom. The third-order valence-corrected chi connectivity index (χ3v) is 4.74. The number of nitrogens with zero attached hydrogens (tertiary/aromatic N) is 4. The van der Waals surface area contributed by atoms with Gasteiger partial charge in [-0.05, 0) is 43.2 Å². The summed E-state index contributed by atoms with van der Waals surface area (Å²) in [4.78, 5) is 25.1. The lowest BCUT2D eigenvalue weighted by atomic mass is 10.1. The fourth-order valence-corrected chi connectivity index (χ4v) is 3.16. The number of carbonyl (C=O) groups excluding carboxylic acids is 2. The molecule has 7 nitrogen and oxygen atoms in total. The van der Waals surface area contributed by atoms with E-state index in [0.717, 1.165) is 16.8 Å². The summed E-state index contributed by atoms with van der Waals surface area (Å²) in [6.45, 7) is 3.87. The highest BCUT2D eigenvalue weighted by atomic mass is 16.2. The maximum absolute atomic E-state index is 12.7. The van der Waals surface area contributed by atoms with Gasteiger partial charge in [-0.3, -0.25) is 9.59 Å². The van der Waals surface area contributed by atoms with Crippen molar-refractivity contribution in [2.45, 2.75) is 26.7 Å². The van der Waals surface area contributed by atoms with E-state index in [1.165, 1.54) is 5.01 Å². The number of hydrogen-bond donors (Lipinski definition) is 1. The Bertz CT molecular complexity index is 1100. The number of hydrazone groups is 1. The second-order valence-corrected chi connectivity index (χ2v) is 6.98. The number of hydrogen-bond acceptors (Lipinski definition) is 4. The molecule has 0 saturated heterocycles. The molecule has 0 unspecified atom stereocenters. The van der Waals surface area contributed by atoms with E-state index in [1.807, 2.05) is 62.4 Å². The maximum Gasteiger partial charge on any atom is 0.273 e. The predicted molar refractivity (Wildman–Crippen MR) is 112 cm³/mol. The van der Waals surface area contributed by atoms with Crippen LogP contribution in [0.5, 0.6) is 0 Å². The molecule has 0 bridgehead atoms. The van der Waals surface area contributed by atoms with Gasteiger partial charge in [-0.15, -0.1) is 0 Å². The largest absolute Gasteiger partial charge is 0.304 e. The van der Waals surface area contributed by atoms with Gasteiger partial charge in [0.25, 0.3) is 5.91 Å². The van der Waals surface area contributed by atoms with Crippen LogP contribution in [0.15, 0.2) is 65.9 Å². The number of para-hydroxylation sites is 1. The molecule has 7 heteroatoms. The van der Waals surface area contributed by atoms with Crippen LogP contribution in [0.1, 0.15) is 24.0 Å². The molecule has 0 aliphatic carbocycles. The Labute approximate surface area is 168 Å². The lowest BCUT2D eigenvalue weighted by Crippen LogP contribution is -2.36. The van der Waals surface area contributed by atoms with E-state index in [9.17, 15) is 9.59 Å². The molecule has 2 amide bonds. The minimum atomic E-state index is -0.355. The quantitative estimate of drug-likeness (QED) is 0.743.